The maximum absolute atomic E-state index is 12.5. The van der Waals surface area contributed by atoms with Crippen LogP contribution < -0.4 is 4.74 Å². The number of carboxylic acids is 1. The number of pyridine rings is 1. The standard InChI is InChI=1S/C18H18N2O4/c1-24-14-7-5-12(6-8-14)13-9-10-20(11-13)17(21)15-3-2-4-16(19-15)18(22)23/h2-8,13H,9-11H2,1H3,(H,22,23). The molecule has 1 aliphatic heterocycles. The van der Waals surface area contributed by atoms with Gasteiger partial charge in [0.15, 0.2) is 0 Å². The second-order valence-corrected chi connectivity index (χ2v) is 5.72. The molecule has 0 saturated carbocycles. The summed E-state index contributed by atoms with van der Waals surface area (Å²) in [5, 5.41) is 8.99. The Morgan fingerprint density at radius 2 is 1.88 bits per heavy atom. The highest BCUT2D eigenvalue weighted by atomic mass is 16.5. The van der Waals surface area contributed by atoms with Gasteiger partial charge in [0.2, 0.25) is 0 Å². The molecule has 1 aromatic heterocycles. The molecule has 1 saturated heterocycles. The number of aromatic nitrogens is 1. The lowest BCUT2D eigenvalue weighted by Gasteiger charge is -2.16. The summed E-state index contributed by atoms with van der Waals surface area (Å²) in [5.74, 6) is -0.293. The Balaban J connectivity index is 1.71. The zero-order valence-electron chi connectivity index (χ0n) is 13.3. The summed E-state index contributed by atoms with van der Waals surface area (Å²) in [7, 11) is 1.63. The summed E-state index contributed by atoms with van der Waals surface area (Å²) in [4.78, 5) is 29.2. The molecule has 124 valence electrons. The normalized spacial score (nSPS) is 16.9. The van der Waals surface area contributed by atoms with E-state index in [1.165, 1.54) is 11.6 Å². The number of amides is 1. The number of nitrogens with zero attached hydrogens (tertiary/aromatic N) is 2. The van der Waals surface area contributed by atoms with Gasteiger partial charge in [-0.05, 0) is 36.2 Å². The lowest BCUT2D eigenvalue weighted by Crippen LogP contribution is -2.29. The monoisotopic (exact) mass is 326 g/mol. The minimum atomic E-state index is -1.14. The average molecular weight is 326 g/mol. The molecule has 1 amide bonds. The predicted octanol–water partition coefficient (Wildman–Crippen LogP) is 2.42. The van der Waals surface area contributed by atoms with E-state index in [0.29, 0.717) is 13.1 Å². The van der Waals surface area contributed by atoms with Gasteiger partial charge in [-0.2, -0.15) is 0 Å². The number of hydrogen-bond donors (Lipinski definition) is 1. The molecule has 1 N–H and O–H groups in total. The number of methoxy groups -OCH3 is 1. The third kappa shape index (κ3) is 3.22. The Hall–Kier alpha value is -2.89. The second kappa shape index (κ2) is 6.70. The van der Waals surface area contributed by atoms with Crippen LogP contribution in [0.2, 0.25) is 0 Å². The van der Waals surface area contributed by atoms with E-state index in [1.54, 1.807) is 24.1 Å². The highest BCUT2D eigenvalue weighted by Gasteiger charge is 2.28. The average Bonchev–Trinajstić information content (AvgIpc) is 3.11. The quantitative estimate of drug-likeness (QED) is 0.933. The molecular weight excluding hydrogens is 308 g/mol. The topological polar surface area (TPSA) is 79.7 Å². The van der Waals surface area contributed by atoms with Crippen molar-refractivity contribution in [2.45, 2.75) is 12.3 Å². The predicted molar refractivity (Wildman–Crippen MR) is 87.5 cm³/mol. The van der Waals surface area contributed by atoms with Gasteiger partial charge in [-0.1, -0.05) is 18.2 Å². The molecule has 1 atom stereocenters. The molecule has 0 spiro atoms. The zero-order chi connectivity index (χ0) is 17.1. The van der Waals surface area contributed by atoms with Crippen LogP contribution in [-0.2, 0) is 0 Å². The van der Waals surface area contributed by atoms with Crippen molar-refractivity contribution < 1.29 is 19.4 Å². The van der Waals surface area contributed by atoms with E-state index in [2.05, 4.69) is 4.98 Å². The van der Waals surface area contributed by atoms with Gasteiger partial charge in [-0.25, -0.2) is 9.78 Å². The molecule has 1 unspecified atom stereocenters. The number of ether oxygens (including phenoxy) is 1. The first kappa shape index (κ1) is 16.0. The largest absolute Gasteiger partial charge is 0.497 e. The van der Waals surface area contributed by atoms with Gasteiger partial charge in [-0.3, -0.25) is 4.79 Å². The Morgan fingerprint density at radius 1 is 1.17 bits per heavy atom. The Kier molecular flexibility index (Phi) is 4.46. The van der Waals surface area contributed by atoms with Gasteiger partial charge in [-0.15, -0.1) is 0 Å². The van der Waals surface area contributed by atoms with Crippen molar-refractivity contribution in [1.29, 1.82) is 0 Å². The number of rotatable bonds is 4. The first-order valence-electron chi connectivity index (χ1n) is 7.72. The highest BCUT2D eigenvalue weighted by molar-refractivity contribution is 5.94. The van der Waals surface area contributed by atoms with Crippen LogP contribution in [-0.4, -0.2) is 47.1 Å². The maximum Gasteiger partial charge on any atom is 0.354 e. The van der Waals surface area contributed by atoms with Crippen LogP contribution in [0.3, 0.4) is 0 Å². The van der Waals surface area contributed by atoms with Gasteiger partial charge >= 0.3 is 5.97 Å². The fourth-order valence-electron chi connectivity index (χ4n) is 2.93. The fourth-order valence-corrected chi connectivity index (χ4v) is 2.93. The summed E-state index contributed by atoms with van der Waals surface area (Å²) in [6, 6.07) is 12.3. The van der Waals surface area contributed by atoms with Gasteiger partial charge in [0.05, 0.1) is 7.11 Å². The molecule has 0 radical (unpaired) electrons. The Labute approximate surface area is 139 Å². The van der Waals surface area contributed by atoms with Crippen molar-refractivity contribution in [1.82, 2.24) is 9.88 Å². The van der Waals surface area contributed by atoms with Crippen LogP contribution in [0, 0.1) is 0 Å². The Morgan fingerprint density at radius 3 is 2.54 bits per heavy atom. The highest BCUT2D eigenvalue weighted by Crippen LogP contribution is 2.29. The number of carbonyl (C=O) groups excluding carboxylic acids is 1. The second-order valence-electron chi connectivity index (χ2n) is 5.72. The van der Waals surface area contributed by atoms with Crippen molar-refractivity contribution >= 4 is 11.9 Å². The van der Waals surface area contributed by atoms with E-state index in [4.69, 9.17) is 9.84 Å². The third-order valence-electron chi connectivity index (χ3n) is 4.25. The number of carboxylic acid groups (broad SMARTS) is 1. The summed E-state index contributed by atoms with van der Waals surface area (Å²) in [6.07, 6.45) is 0.872. The molecule has 2 heterocycles. The van der Waals surface area contributed by atoms with Gasteiger partial charge in [0.25, 0.3) is 5.91 Å². The minimum Gasteiger partial charge on any atom is -0.497 e. The number of likely N-dealkylation sites (tertiary alicyclic amines) is 1. The number of benzene rings is 1. The number of aromatic carboxylic acids is 1. The van der Waals surface area contributed by atoms with E-state index >= 15 is 0 Å². The van der Waals surface area contributed by atoms with Crippen molar-refractivity contribution in [3.05, 3.63) is 59.4 Å². The van der Waals surface area contributed by atoms with E-state index in [1.807, 2.05) is 24.3 Å². The molecular formula is C18H18N2O4. The maximum atomic E-state index is 12.5. The van der Waals surface area contributed by atoms with Crippen LogP contribution in [0.1, 0.15) is 38.9 Å². The summed E-state index contributed by atoms with van der Waals surface area (Å²) in [6.45, 7) is 1.23. The Bertz CT molecular complexity index is 758. The van der Waals surface area contributed by atoms with Crippen LogP contribution >= 0.6 is 0 Å². The van der Waals surface area contributed by atoms with Crippen molar-refractivity contribution in [3.8, 4) is 5.75 Å². The summed E-state index contributed by atoms with van der Waals surface area (Å²) >= 11 is 0. The molecule has 0 aliphatic carbocycles. The van der Waals surface area contributed by atoms with Crippen LogP contribution in [0.5, 0.6) is 5.75 Å². The molecule has 1 aliphatic rings. The first-order chi connectivity index (χ1) is 11.6. The fraction of sp³-hybridized carbons (Fsp3) is 0.278. The van der Waals surface area contributed by atoms with E-state index in [-0.39, 0.29) is 23.2 Å². The van der Waals surface area contributed by atoms with Gasteiger partial charge < -0.3 is 14.7 Å². The summed E-state index contributed by atoms with van der Waals surface area (Å²) in [5.41, 5.74) is 1.22. The molecule has 1 aromatic carbocycles. The SMILES string of the molecule is COc1ccc(C2CCN(C(=O)c3cccc(C(=O)O)n3)C2)cc1. The molecule has 6 nitrogen and oxygen atoms in total. The first-order valence-corrected chi connectivity index (χ1v) is 7.72. The minimum absolute atomic E-state index is 0.119. The molecule has 1 fully saturated rings. The van der Waals surface area contributed by atoms with Crippen molar-refractivity contribution in [3.63, 3.8) is 0 Å². The van der Waals surface area contributed by atoms with E-state index < -0.39 is 5.97 Å². The molecule has 6 heteroatoms. The zero-order valence-corrected chi connectivity index (χ0v) is 13.3. The number of hydrogen-bond acceptors (Lipinski definition) is 4. The number of carbonyl (C=O) groups is 2. The lowest BCUT2D eigenvalue weighted by atomic mass is 9.98. The van der Waals surface area contributed by atoms with Gasteiger partial charge in [0.1, 0.15) is 17.1 Å². The van der Waals surface area contributed by atoms with E-state index in [0.717, 1.165) is 12.2 Å². The third-order valence-corrected chi connectivity index (χ3v) is 4.25. The smallest absolute Gasteiger partial charge is 0.354 e. The van der Waals surface area contributed by atoms with Gasteiger partial charge in [0, 0.05) is 19.0 Å². The van der Waals surface area contributed by atoms with E-state index in [9.17, 15) is 9.59 Å². The molecule has 24 heavy (non-hydrogen) atoms. The molecule has 0 bridgehead atoms. The molecule has 2 aromatic rings. The van der Waals surface area contributed by atoms with Crippen LogP contribution in [0.4, 0.5) is 0 Å². The van der Waals surface area contributed by atoms with Crippen molar-refractivity contribution in [2.75, 3.05) is 20.2 Å². The summed E-state index contributed by atoms with van der Waals surface area (Å²) < 4.78 is 5.16. The van der Waals surface area contributed by atoms with Crippen LogP contribution in [0.25, 0.3) is 0 Å². The van der Waals surface area contributed by atoms with Crippen molar-refractivity contribution in [2.24, 2.45) is 0 Å². The lowest BCUT2D eigenvalue weighted by molar-refractivity contribution is 0.0690. The van der Waals surface area contributed by atoms with Crippen LogP contribution in [0.15, 0.2) is 42.5 Å². The molecule has 3 rings (SSSR count).